The normalized spacial score (nSPS) is 26.7. The van der Waals surface area contributed by atoms with Crippen LogP contribution in [-0.2, 0) is 4.74 Å². The molecule has 2 aliphatic rings. The number of benzene rings is 1. The Bertz CT molecular complexity index is 488. The first kappa shape index (κ1) is 15.5. The van der Waals surface area contributed by atoms with Gasteiger partial charge in [0.15, 0.2) is 0 Å². The SMILES string of the molecule is Cc1ccc(Br)c(C(O)C2CCOC3(CCCCC3)C2)c1. The van der Waals surface area contributed by atoms with Crippen LogP contribution in [0.1, 0.15) is 62.2 Å². The van der Waals surface area contributed by atoms with E-state index in [2.05, 4.69) is 35.0 Å². The molecule has 21 heavy (non-hydrogen) atoms. The van der Waals surface area contributed by atoms with Crippen LogP contribution in [0.5, 0.6) is 0 Å². The third kappa shape index (κ3) is 3.35. The monoisotopic (exact) mass is 352 g/mol. The molecule has 1 saturated heterocycles. The Hall–Kier alpha value is -0.380. The van der Waals surface area contributed by atoms with Crippen LogP contribution >= 0.6 is 15.9 Å². The van der Waals surface area contributed by atoms with E-state index in [0.29, 0.717) is 5.92 Å². The second kappa shape index (κ2) is 6.39. The molecular weight excluding hydrogens is 328 g/mol. The van der Waals surface area contributed by atoms with E-state index in [-0.39, 0.29) is 11.7 Å². The molecule has 1 aromatic rings. The Morgan fingerprint density at radius 1 is 1.29 bits per heavy atom. The summed E-state index contributed by atoms with van der Waals surface area (Å²) in [6.45, 7) is 2.88. The van der Waals surface area contributed by atoms with Gasteiger partial charge in [-0.2, -0.15) is 0 Å². The lowest BCUT2D eigenvalue weighted by Crippen LogP contribution is -2.42. The van der Waals surface area contributed by atoms with Crippen molar-refractivity contribution in [3.05, 3.63) is 33.8 Å². The van der Waals surface area contributed by atoms with E-state index in [1.807, 2.05) is 6.07 Å². The van der Waals surface area contributed by atoms with Crippen LogP contribution in [-0.4, -0.2) is 17.3 Å². The molecule has 2 unspecified atom stereocenters. The number of ether oxygens (including phenoxy) is 1. The van der Waals surface area contributed by atoms with Crippen molar-refractivity contribution in [2.24, 2.45) is 5.92 Å². The summed E-state index contributed by atoms with van der Waals surface area (Å²) in [6, 6.07) is 6.23. The van der Waals surface area contributed by atoms with Gasteiger partial charge in [0, 0.05) is 11.1 Å². The fourth-order valence-corrected chi connectivity index (χ4v) is 4.50. The molecule has 1 spiro atoms. The van der Waals surface area contributed by atoms with Crippen LogP contribution in [0.4, 0.5) is 0 Å². The lowest BCUT2D eigenvalue weighted by Gasteiger charge is -2.44. The van der Waals surface area contributed by atoms with Crippen LogP contribution in [0.3, 0.4) is 0 Å². The molecule has 3 heteroatoms. The highest BCUT2D eigenvalue weighted by Gasteiger charge is 2.41. The van der Waals surface area contributed by atoms with Crippen LogP contribution in [0.15, 0.2) is 22.7 Å². The lowest BCUT2D eigenvalue weighted by molar-refractivity contribution is -0.134. The van der Waals surface area contributed by atoms with E-state index in [9.17, 15) is 5.11 Å². The van der Waals surface area contributed by atoms with Gasteiger partial charge >= 0.3 is 0 Å². The number of aliphatic hydroxyl groups is 1. The van der Waals surface area contributed by atoms with Crippen molar-refractivity contribution in [1.29, 1.82) is 0 Å². The van der Waals surface area contributed by atoms with Crippen LogP contribution in [0.25, 0.3) is 0 Å². The van der Waals surface area contributed by atoms with Crippen molar-refractivity contribution in [3.63, 3.8) is 0 Å². The maximum Gasteiger partial charge on any atom is 0.0831 e. The number of rotatable bonds is 2. The molecule has 1 aliphatic carbocycles. The third-order valence-electron chi connectivity index (χ3n) is 5.21. The number of halogens is 1. The minimum absolute atomic E-state index is 0.0540. The van der Waals surface area contributed by atoms with E-state index in [4.69, 9.17) is 4.74 Å². The maximum absolute atomic E-state index is 10.9. The van der Waals surface area contributed by atoms with Crippen molar-refractivity contribution >= 4 is 15.9 Å². The third-order valence-corrected chi connectivity index (χ3v) is 5.93. The summed E-state index contributed by atoms with van der Waals surface area (Å²) >= 11 is 3.59. The zero-order valence-electron chi connectivity index (χ0n) is 12.8. The van der Waals surface area contributed by atoms with Crippen molar-refractivity contribution in [3.8, 4) is 0 Å². The van der Waals surface area contributed by atoms with E-state index < -0.39 is 0 Å². The molecule has 1 aromatic carbocycles. The van der Waals surface area contributed by atoms with E-state index in [0.717, 1.165) is 29.5 Å². The Morgan fingerprint density at radius 3 is 2.81 bits per heavy atom. The van der Waals surface area contributed by atoms with Crippen LogP contribution in [0, 0.1) is 12.8 Å². The van der Waals surface area contributed by atoms with Crippen molar-refractivity contribution in [2.75, 3.05) is 6.61 Å². The fraction of sp³-hybridized carbons (Fsp3) is 0.667. The molecule has 0 aromatic heterocycles. The van der Waals surface area contributed by atoms with Crippen molar-refractivity contribution < 1.29 is 9.84 Å². The van der Waals surface area contributed by atoms with Gasteiger partial charge in [0.1, 0.15) is 0 Å². The Labute approximate surface area is 136 Å². The molecule has 1 aliphatic heterocycles. The second-order valence-corrected chi connectivity index (χ2v) is 7.67. The summed E-state index contributed by atoms with van der Waals surface area (Å²) < 4.78 is 7.17. The topological polar surface area (TPSA) is 29.5 Å². The largest absolute Gasteiger partial charge is 0.388 e. The lowest BCUT2D eigenvalue weighted by atomic mass is 9.74. The van der Waals surface area contributed by atoms with Gasteiger partial charge in [-0.3, -0.25) is 0 Å². The Kier molecular flexibility index (Phi) is 4.72. The zero-order chi connectivity index (χ0) is 14.9. The standard InChI is InChI=1S/C18H25BrO2/c1-13-5-6-16(19)15(11-13)17(20)14-7-10-21-18(12-14)8-3-2-4-9-18/h5-6,11,14,17,20H,2-4,7-10,12H2,1H3. The highest BCUT2D eigenvalue weighted by molar-refractivity contribution is 9.10. The average molecular weight is 353 g/mol. The summed E-state index contributed by atoms with van der Waals surface area (Å²) in [5.74, 6) is 0.315. The first-order valence-corrected chi connectivity index (χ1v) is 8.97. The predicted molar refractivity (Wildman–Crippen MR) is 88.3 cm³/mol. The van der Waals surface area contributed by atoms with E-state index in [1.54, 1.807) is 0 Å². The first-order valence-electron chi connectivity index (χ1n) is 8.18. The smallest absolute Gasteiger partial charge is 0.0831 e. The van der Waals surface area contributed by atoms with Gasteiger partial charge in [-0.1, -0.05) is 52.9 Å². The molecule has 1 heterocycles. The summed E-state index contributed by atoms with van der Waals surface area (Å²) in [5.41, 5.74) is 2.29. The van der Waals surface area contributed by atoms with E-state index >= 15 is 0 Å². The van der Waals surface area contributed by atoms with Crippen molar-refractivity contribution in [2.45, 2.75) is 63.6 Å². The minimum atomic E-state index is -0.387. The molecule has 2 nitrogen and oxygen atoms in total. The molecule has 0 amide bonds. The average Bonchev–Trinajstić information content (AvgIpc) is 2.50. The Balaban J connectivity index is 1.77. The number of aliphatic hydroxyl groups excluding tert-OH is 1. The quantitative estimate of drug-likeness (QED) is 0.818. The molecule has 1 saturated carbocycles. The molecule has 2 atom stereocenters. The maximum atomic E-state index is 10.9. The minimum Gasteiger partial charge on any atom is -0.388 e. The van der Waals surface area contributed by atoms with Crippen molar-refractivity contribution in [1.82, 2.24) is 0 Å². The molecule has 0 bridgehead atoms. The number of hydrogen-bond donors (Lipinski definition) is 1. The summed E-state index contributed by atoms with van der Waals surface area (Å²) in [5, 5.41) is 10.9. The molecular formula is C18H25BrO2. The van der Waals surface area contributed by atoms with Crippen LogP contribution in [0.2, 0.25) is 0 Å². The fourth-order valence-electron chi connectivity index (χ4n) is 4.02. The van der Waals surface area contributed by atoms with Gasteiger partial charge < -0.3 is 9.84 Å². The summed E-state index contributed by atoms with van der Waals surface area (Å²) in [4.78, 5) is 0. The molecule has 0 radical (unpaired) electrons. The highest BCUT2D eigenvalue weighted by atomic mass is 79.9. The molecule has 2 fully saturated rings. The van der Waals surface area contributed by atoms with Gasteiger partial charge in [-0.05, 0) is 50.2 Å². The van der Waals surface area contributed by atoms with Gasteiger partial charge in [0.25, 0.3) is 0 Å². The summed E-state index contributed by atoms with van der Waals surface area (Å²) in [7, 11) is 0. The highest BCUT2D eigenvalue weighted by Crippen LogP contribution is 2.45. The summed E-state index contributed by atoms with van der Waals surface area (Å²) in [6.07, 6.45) is 7.81. The van der Waals surface area contributed by atoms with Crippen LogP contribution < -0.4 is 0 Å². The van der Waals surface area contributed by atoms with Gasteiger partial charge in [-0.25, -0.2) is 0 Å². The number of hydrogen-bond acceptors (Lipinski definition) is 2. The second-order valence-electron chi connectivity index (χ2n) is 6.81. The van der Waals surface area contributed by atoms with Gasteiger partial charge in [-0.15, -0.1) is 0 Å². The Morgan fingerprint density at radius 2 is 2.05 bits per heavy atom. The van der Waals surface area contributed by atoms with E-state index in [1.165, 1.54) is 37.7 Å². The molecule has 116 valence electrons. The first-order chi connectivity index (χ1) is 10.1. The molecule has 1 N–H and O–H groups in total. The predicted octanol–water partition coefficient (Wildman–Crippen LogP) is 4.92. The molecule has 3 rings (SSSR count). The van der Waals surface area contributed by atoms with Gasteiger partial charge in [0.2, 0.25) is 0 Å². The van der Waals surface area contributed by atoms with Gasteiger partial charge in [0.05, 0.1) is 11.7 Å². The number of aryl methyl sites for hydroxylation is 1. The zero-order valence-corrected chi connectivity index (χ0v) is 14.4.